The molecule has 0 aliphatic carbocycles. The van der Waals surface area contributed by atoms with Gasteiger partial charge in [-0.2, -0.15) is 0 Å². The Morgan fingerprint density at radius 3 is 2.73 bits per heavy atom. The fourth-order valence-electron chi connectivity index (χ4n) is 4.58. The van der Waals surface area contributed by atoms with Gasteiger partial charge < -0.3 is 19.7 Å². The Bertz CT molecular complexity index is 1380. The molecule has 6 rings (SSSR count). The number of rotatable bonds is 3. The van der Waals surface area contributed by atoms with Crippen molar-refractivity contribution in [2.45, 2.75) is 12.0 Å². The van der Waals surface area contributed by atoms with Crippen molar-refractivity contribution in [2.75, 3.05) is 19.2 Å². The van der Waals surface area contributed by atoms with Crippen LogP contribution in [0.5, 0.6) is 11.5 Å². The van der Waals surface area contributed by atoms with Gasteiger partial charge in [-0.25, -0.2) is 4.98 Å². The number of hydrogen-bond donors (Lipinski definition) is 1. The molecular formula is C25H19N3O4S. The van der Waals surface area contributed by atoms with E-state index in [1.54, 1.807) is 18.0 Å². The summed E-state index contributed by atoms with van der Waals surface area (Å²) >= 11 is 1.43. The number of likely N-dealkylation sites (N-methyl/N-ethyl adjacent to an activating group) is 1. The number of benzene rings is 3. The number of carbonyl (C=O) groups is 2. The van der Waals surface area contributed by atoms with E-state index < -0.39 is 12.0 Å². The zero-order valence-corrected chi connectivity index (χ0v) is 18.5. The molecule has 164 valence electrons. The molecule has 1 aromatic heterocycles. The van der Waals surface area contributed by atoms with Gasteiger partial charge in [-0.05, 0) is 41.5 Å². The van der Waals surface area contributed by atoms with E-state index in [4.69, 9.17) is 9.47 Å². The standard InChI is InChI=1S/C25H19N3O4S/c1-28-22(14-10-11-18-19(12-14)32-13-31-18)21(15-6-2-3-7-16(15)24(28)30)23(29)27-25-26-17-8-4-5-9-20(17)33-25/h2-12,21-22H,13H2,1H3,(H,26,27,29)/t21-,22-/m1/s1. The lowest BCUT2D eigenvalue weighted by Crippen LogP contribution is -2.44. The number of nitrogens with zero attached hydrogens (tertiary/aromatic N) is 2. The minimum absolute atomic E-state index is 0.127. The average Bonchev–Trinajstić information content (AvgIpc) is 3.46. The lowest BCUT2D eigenvalue weighted by atomic mass is 9.79. The molecule has 0 saturated carbocycles. The zero-order valence-electron chi connectivity index (χ0n) is 17.6. The minimum Gasteiger partial charge on any atom is -0.454 e. The third-order valence-electron chi connectivity index (χ3n) is 6.12. The van der Waals surface area contributed by atoms with Gasteiger partial charge in [-0.1, -0.05) is 47.7 Å². The number of hydrogen-bond acceptors (Lipinski definition) is 6. The summed E-state index contributed by atoms with van der Waals surface area (Å²) in [4.78, 5) is 33.1. The summed E-state index contributed by atoms with van der Waals surface area (Å²) in [6.45, 7) is 0.155. The molecule has 0 bridgehead atoms. The Morgan fingerprint density at radius 1 is 1.06 bits per heavy atom. The fourth-order valence-corrected chi connectivity index (χ4v) is 5.45. The number of amides is 2. The normalized spacial score (nSPS) is 18.9. The van der Waals surface area contributed by atoms with Gasteiger partial charge in [0.05, 0.1) is 22.2 Å². The summed E-state index contributed by atoms with van der Waals surface area (Å²) in [6, 6.07) is 20.1. The van der Waals surface area contributed by atoms with Gasteiger partial charge in [-0.3, -0.25) is 9.59 Å². The number of thiazole rings is 1. The third kappa shape index (κ3) is 3.22. The summed E-state index contributed by atoms with van der Waals surface area (Å²) < 4.78 is 12.0. The summed E-state index contributed by atoms with van der Waals surface area (Å²) in [7, 11) is 1.73. The first-order valence-corrected chi connectivity index (χ1v) is 11.3. The highest BCUT2D eigenvalue weighted by Gasteiger charge is 2.43. The maximum absolute atomic E-state index is 13.7. The zero-order chi connectivity index (χ0) is 22.5. The Kier molecular flexibility index (Phi) is 4.55. The topological polar surface area (TPSA) is 80.8 Å². The first-order valence-electron chi connectivity index (χ1n) is 10.5. The molecule has 3 aromatic carbocycles. The van der Waals surface area contributed by atoms with E-state index in [0.29, 0.717) is 27.8 Å². The van der Waals surface area contributed by atoms with Gasteiger partial charge in [0.2, 0.25) is 12.7 Å². The van der Waals surface area contributed by atoms with Crippen LogP contribution in [0, 0.1) is 0 Å². The lowest BCUT2D eigenvalue weighted by Gasteiger charge is -2.39. The maximum Gasteiger partial charge on any atom is 0.254 e. The van der Waals surface area contributed by atoms with Crippen molar-refractivity contribution in [1.82, 2.24) is 9.88 Å². The first-order chi connectivity index (χ1) is 16.1. The van der Waals surface area contributed by atoms with Gasteiger partial charge >= 0.3 is 0 Å². The van der Waals surface area contributed by atoms with Crippen LogP contribution in [-0.2, 0) is 4.79 Å². The van der Waals surface area contributed by atoms with Gasteiger partial charge in [0.25, 0.3) is 5.91 Å². The van der Waals surface area contributed by atoms with Crippen LogP contribution < -0.4 is 14.8 Å². The van der Waals surface area contributed by atoms with Crippen molar-refractivity contribution in [3.05, 3.63) is 83.4 Å². The van der Waals surface area contributed by atoms with Gasteiger partial charge in [0.1, 0.15) is 0 Å². The monoisotopic (exact) mass is 457 g/mol. The molecule has 2 aliphatic rings. The van der Waals surface area contributed by atoms with E-state index in [0.717, 1.165) is 15.8 Å². The van der Waals surface area contributed by atoms with E-state index in [9.17, 15) is 9.59 Å². The molecule has 2 amide bonds. The molecule has 0 saturated heterocycles. The first kappa shape index (κ1) is 19.8. The Balaban J connectivity index is 1.44. The minimum atomic E-state index is -0.628. The quantitative estimate of drug-likeness (QED) is 0.487. The molecule has 2 aliphatic heterocycles. The van der Waals surface area contributed by atoms with Crippen molar-refractivity contribution in [2.24, 2.45) is 0 Å². The number of aromatic nitrogens is 1. The Labute approximate surface area is 193 Å². The van der Waals surface area contributed by atoms with Crippen LogP contribution in [0.4, 0.5) is 5.13 Å². The SMILES string of the molecule is CN1C(=O)c2ccccc2[C@@H](C(=O)Nc2nc3ccccc3s2)[C@H]1c1ccc2c(c1)OCO2. The number of para-hydroxylation sites is 1. The molecule has 0 spiro atoms. The van der Waals surface area contributed by atoms with Crippen LogP contribution in [-0.4, -0.2) is 35.5 Å². The van der Waals surface area contributed by atoms with E-state index in [1.165, 1.54) is 11.3 Å². The Morgan fingerprint density at radius 2 is 1.85 bits per heavy atom. The number of carbonyl (C=O) groups excluding carboxylic acids is 2. The van der Waals surface area contributed by atoms with E-state index >= 15 is 0 Å². The van der Waals surface area contributed by atoms with Crippen molar-refractivity contribution in [3.8, 4) is 11.5 Å². The number of fused-ring (bicyclic) bond motifs is 3. The van der Waals surface area contributed by atoms with E-state index in [1.807, 2.05) is 60.7 Å². The predicted molar refractivity (Wildman–Crippen MR) is 125 cm³/mol. The second-order valence-corrected chi connectivity index (χ2v) is 9.05. The fraction of sp³-hybridized carbons (Fsp3) is 0.160. The van der Waals surface area contributed by atoms with Gasteiger partial charge in [-0.15, -0.1) is 0 Å². The summed E-state index contributed by atoms with van der Waals surface area (Å²) in [5.74, 6) is 0.286. The molecule has 1 N–H and O–H groups in total. The molecule has 8 heteroatoms. The van der Waals surface area contributed by atoms with Crippen LogP contribution in [0.1, 0.15) is 33.4 Å². The second kappa shape index (κ2) is 7.60. The number of ether oxygens (including phenoxy) is 2. The number of anilines is 1. The molecule has 0 fully saturated rings. The van der Waals surface area contributed by atoms with Crippen LogP contribution in [0.15, 0.2) is 66.7 Å². The van der Waals surface area contributed by atoms with Crippen molar-refractivity contribution < 1.29 is 19.1 Å². The van der Waals surface area contributed by atoms with Crippen molar-refractivity contribution >= 4 is 38.5 Å². The van der Waals surface area contributed by atoms with Crippen LogP contribution in [0.2, 0.25) is 0 Å². The average molecular weight is 458 g/mol. The van der Waals surface area contributed by atoms with Crippen LogP contribution >= 0.6 is 11.3 Å². The highest BCUT2D eigenvalue weighted by Crippen LogP contribution is 2.45. The van der Waals surface area contributed by atoms with Crippen molar-refractivity contribution in [1.29, 1.82) is 0 Å². The lowest BCUT2D eigenvalue weighted by molar-refractivity contribution is -0.119. The maximum atomic E-state index is 13.7. The number of nitrogens with one attached hydrogen (secondary N) is 1. The molecule has 0 unspecified atom stereocenters. The molecule has 33 heavy (non-hydrogen) atoms. The van der Waals surface area contributed by atoms with E-state index in [-0.39, 0.29) is 18.6 Å². The predicted octanol–water partition coefficient (Wildman–Crippen LogP) is 4.57. The smallest absolute Gasteiger partial charge is 0.254 e. The van der Waals surface area contributed by atoms with Crippen molar-refractivity contribution in [3.63, 3.8) is 0 Å². The molecule has 4 aromatic rings. The van der Waals surface area contributed by atoms with Crippen LogP contribution in [0.25, 0.3) is 10.2 Å². The highest BCUT2D eigenvalue weighted by molar-refractivity contribution is 7.22. The molecule has 2 atom stereocenters. The van der Waals surface area contributed by atoms with Crippen LogP contribution in [0.3, 0.4) is 0 Å². The van der Waals surface area contributed by atoms with Gasteiger partial charge in [0.15, 0.2) is 16.6 Å². The third-order valence-corrected chi connectivity index (χ3v) is 7.08. The molecule has 3 heterocycles. The highest BCUT2D eigenvalue weighted by atomic mass is 32.1. The summed E-state index contributed by atoms with van der Waals surface area (Å²) in [5, 5.41) is 3.53. The summed E-state index contributed by atoms with van der Waals surface area (Å²) in [6.07, 6.45) is 0. The molecule has 0 radical (unpaired) electrons. The molecule has 7 nitrogen and oxygen atoms in total. The largest absolute Gasteiger partial charge is 0.454 e. The Hall–Kier alpha value is -3.91. The summed E-state index contributed by atoms with van der Waals surface area (Å²) in [5.41, 5.74) is 2.86. The second-order valence-electron chi connectivity index (χ2n) is 8.01. The van der Waals surface area contributed by atoms with E-state index in [2.05, 4.69) is 10.3 Å². The van der Waals surface area contributed by atoms with Gasteiger partial charge in [0, 0.05) is 12.6 Å². The molecular weight excluding hydrogens is 438 g/mol.